The molecule has 2 saturated heterocycles. The molecule has 6 heteroatoms. The molecule has 1 spiro atoms. The van der Waals surface area contributed by atoms with Crippen molar-refractivity contribution in [3.8, 4) is 5.75 Å². The number of methoxy groups -OCH3 is 1. The number of ether oxygens (including phenoxy) is 1. The van der Waals surface area contributed by atoms with E-state index in [1.165, 1.54) is 0 Å². The normalized spacial score (nSPS) is 19.1. The maximum Gasteiger partial charge on any atom is 0.236 e. The monoisotopic (exact) mass is 387 g/mol. The van der Waals surface area contributed by atoms with Gasteiger partial charge in [-0.1, -0.05) is 12.1 Å². The van der Waals surface area contributed by atoms with Crippen LogP contribution in [0, 0.1) is 5.41 Å². The Morgan fingerprint density at radius 3 is 2.43 bits per heavy atom. The summed E-state index contributed by atoms with van der Waals surface area (Å²) in [6, 6.07) is 8.26. The largest absolute Gasteiger partial charge is 0.497 e. The van der Waals surface area contributed by atoms with Gasteiger partial charge in [0.05, 0.1) is 13.7 Å². The quantitative estimate of drug-likeness (QED) is 0.752. The van der Waals surface area contributed by atoms with E-state index in [1.54, 1.807) is 7.11 Å². The van der Waals surface area contributed by atoms with Crippen molar-refractivity contribution in [3.63, 3.8) is 0 Å². The standard InChI is InChI=1S/C22H33N3O3/c1-17(2)23(3)15-21(27)24-11-9-22(10-12-24)13-20(26)25(16-22)14-18-5-7-19(28-4)8-6-18/h5-8,17H,9-16H2,1-4H3. The van der Waals surface area contributed by atoms with Crippen molar-refractivity contribution in [2.45, 2.75) is 45.7 Å². The topological polar surface area (TPSA) is 53.1 Å². The lowest BCUT2D eigenvalue weighted by Crippen LogP contribution is -2.47. The molecule has 0 saturated carbocycles. The Balaban J connectivity index is 1.54. The number of hydrogen-bond donors (Lipinski definition) is 0. The summed E-state index contributed by atoms with van der Waals surface area (Å²) in [5.74, 6) is 1.26. The molecule has 0 aliphatic carbocycles. The van der Waals surface area contributed by atoms with Gasteiger partial charge in [-0.05, 0) is 51.4 Å². The number of carbonyl (C=O) groups is 2. The van der Waals surface area contributed by atoms with Gasteiger partial charge in [0, 0.05) is 44.1 Å². The molecule has 3 rings (SSSR count). The first-order chi connectivity index (χ1) is 13.3. The molecule has 154 valence electrons. The minimum absolute atomic E-state index is 0.0320. The van der Waals surface area contributed by atoms with Gasteiger partial charge in [0.1, 0.15) is 5.75 Å². The Morgan fingerprint density at radius 2 is 1.86 bits per heavy atom. The average Bonchev–Trinajstić information content (AvgIpc) is 2.97. The molecule has 1 aromatic carbocycles. The first-order valence-electron chi connectivity index (χ1n) is 10.2. The number of amides is 2. The highest BCUT2D eigenvalue weighted by Crippen LogP contribution is 2.41. The highest BCUT2D eigenvalue weighted by Gasteiger charge is 2.45. The van der Waals surface area contributed by atoms with Crippen LogP contribution in [-0.2, 0) is 16.1 Å². The van der Waals surface area contributed by atoms with Crippen LogP contribution >= 0.6 is 0 Å². The zero-order valence-electron chi connectivity index (χ0n) is 17.6. The van der Waals surface area contributed by atoms with Gasteiger partial charge in [-0.15, -0.1) is 0 Å². The van der Waals surface area contributed by atoms with Crippen LogP contribution in [0.1, 0.15) is 38.7 Å². The summed E-state index contributed by atoms with van der Waals surface area (Å²) in [6.07, 6.45) is 2.43. The van der Waals surface area contributed by atoms with Gasteiger partial charge in [0.2, 0.25) is 11.8 Å². The molecule has 0 aromatic heterocycles. The first-order valence-corrected chi connectivity index (χ1v) is 10.2. The second-order valence-electron chi connectivity index (χ2n) is 8.66. The van der Waals surface area contributed by atoms with Crippen molar-refractivity contribution in [1.29, 1.82) is 0 Å². The zero-order chi connectivity index (χ0) is 20.3. The molecule has 0 atom stereocenters. The molecular formula is C22H33N3O3. The van der Waals surface area contributed by atoms with Gasteiger partial charge in [0.15, 0.2) is 0 Å². The predicted molar refractivity (Wildman–Crippen MR) is 109 cm³/mol. The van der Waals surface area contributed by atoms with Crippen LogP contribution in [-0.4, -0.2) is 72.9 Å². The minimum atomic E-state index is 0.0320. The van der Waals surface area contributed by atoms with E-state index in [2.05, 4.69) is 18.7 Å². The van der Waals surface area contributed by atoms with E-state index >= 15 is 0 Å². The zero-order valence-corrected chi connectivity index (χ0v) is 17.6. The fraction of sp³-hybridized carbons (Fsp3) is 0.636. The maximum absolute atomic E-state index is 12.6. The van der Waals surface area contributed by atoms with Crippen molar-refractivity contribution in [3.05, 3.63) is 29.8 Å². The van der Waals surface area contributed by atoms with E-state index in [0.29, 0.717) is 25.6 Å². The third-order valence-corrected chi connectivity index (χ3v) is 6.38. The van der Waals surface area contributed by atoms with E-state index in [-0.39, 0.29) is 17.2 Å². The van der Waals surface area contributed by atoms with Crippen LogP contribution in [0.4, 0.5) is 0 Å². The van der Waals surface area contributed by atoms with Crippen molar-refractivity contribution in [1.82, 2.24) is 14.7 Å². The first kappa shape index (κ1) is 20.6. The van der Waals surface area contributed by atoms with E-state index in [9.17, 15) is 9.59 Å². The Morgan fingerprint density at radius 1 is 1.21 bits per heavy atom. The van der Waals surface area contributed by atoms with E-state index < -0.39 is 0 Å². The van der Waals surface area contributed by atoms with Crippen LogP contribution < -0.4 is 4.74 Å². The van der Waals surface area contributed by atoms with Gasteiger partial charge in [-0.25, -0.2) is 0 Å². The lowest BCUT2D eigenvalue weighted by molar-refractivity contribution is -0.134. The average molecular weight is 388 g/mol. The lowest BCUT2D eigenvalue weighted by atomic mass is 9.77. The number of likely N-dealkylation sites (tertiary alicyclic amines) is 2. The number of likely N-dealkylation sites (N-methyl/N-ethyl adjacent to an activating group) is 1. The third-order valence-electron chi connectivity index (χ3n) is 6.38. The van der Waals surface area contributed by atoms with Crippen LogP contribution in [0.5, 0.6) is 5.75 Å². The smallest absolute Gasteiger partial charge is 0.236 e. The van der Waals surface area contributed by atoms with Crippen LogP contribution in [0.15, 0.2) is 24.3 Å². The van der Waals surface area contributed by atoms with Crippen LogP contribution in [0.3, 0.4) is 0 Å². The Bertz CT molecular complexity index is 693. The summed E-state index contributed by atoms with van der Waals surface area (Å²) in [4.78, 5) is 31.2. The van der Waals surface area contributed by atoms with Crippen molar-refractivity contribution < 1.29 is 14.3 Å². The van der Waals surface area contributed by atoms with E-state index in [4.69, 9.17) is 4.74 Å². The van der Waals surface area contributed by atoms with Crippen molar-refractivity contribution in [2.24, 2.45) is 5.41 Å². The Kier molecular flexibility index (Phi) is 6.28. The molecule has 2 heterocycles. The molecule has 2 fully saturated rings. The van der Waals surface area contributed by atoms with Crippen molar-refractivity contribution >= 4 is 11.8 Å². The summed E-state index contributed by atoms with van der Waals surface area (Å²) < 4.78 is 5.20. The molecule has 6 nitrogen and oxygen atoms in total. The molecular weight excluding hydrogens is 354 g/mol. The molecule has 2 aliphatic heterocycles. The second-order valence-corrected chi connectivity index (χ2v) is 8.66. The van der Waals surface area contributed by atoms with Gasteiger partial charge in [-0.2, -0.15) is 0 Å². The van der Waals surface area contributed by atoms with Crippen LogP contribution in [0.2, 0.25) is 0 Å². The van der Waals surface area contributed by atoms with Gasteiger partial charge in [-0.3, -0.25) is 14.5 Å². The fourth-order valence-corrected chi connectivity index (χ4v) is 4.14. The van der Waals surface area contributed by atoms with Gasteiger partial charge in [0.25, 0.3) is 0 Å². The van der Waals surface area contributed by atoms with Crippen LogP contribution in [0.25, 0.3) is 0 Å². The minimum Gasteiger partial charge on any atom is -0.497 e. The SMILES string of the molecule is COc1ccc(CN2CC3(CCN(C(=O)CN(C)C(C)C)CC3)CC2=O)cc1. The summed E-state index contributed by atoms with van der Waals surface area (Å²) in [7, 11) is 3.64. The number of rotatable bonds is 6. The molecule has 1 aromatic rings. The van der Waals surface area contributed by atoms with E-state index in [1.807, 2.05) is 41.1 Å². The molecule has 0 N–H and O–H groups in total. The highest BCUT2D eigenvalue weighted by atomic mass is 16.5. The second kappa shape index (κ2) is 8.52. The Labute approximate surface area is 168 Å². The highest BCUT2D eigenvalue weighted by molar-refractivity contribution is 5.80. The summed E-state index contributed by atoms with van der Waals surface area (Å²) in [5.41, 5.74) is 1.15. The van der Waals surface area contributed by atoms with E-state index in [0.717, 1.165) is 43.8 Å². The third kappa shape index (κ3) is 4.66. The predicted octanol–water partition coefficient (Wildman–Crippen LogP) is 2.38. The molecule has 2 amide bonds. The number of piperidine rings is 1. The van der Waals surface area contributed by atoms with Gasteiger partial charge < -0.3 is 14.5 Å². The molecule has 2 aliphatic rings. The summed E-state index contributed by atoms with van der Waals surface area (Å²) in [6.45, 7) is 7.62. The molecule has 28 heavy (non-hydrogen) atoms. The molecule has 0 bridgehead atoms. The maximum atomic E-state index is 12.6. The number of benzene rings is 1. The number of carbonyl (C=O) groups excluding carboxylic acids is 2. The summed E-state index contributed by atoms with van der Waals surface area (Å²) >= 11 is 0. The number of nitrogens with zero attached hydrogens (tertiary/aromatic N) is 3. The fourth-order valence-electron chi connectivity index (χ4n) is 4.14. The summed E-state index contributed by atoms with van der Waals surface area (Å²) in [5, 5.41) is 0. The molecule has 0 unspecified atom stereocenters. The van der Waals surface area contributed by atoms with Crippen molar-refractivity contribution in [2.75, 3.05) is 40.3 Å². The van der Waals surface area contributed by atoms with Gasteiger partial charge >= 0.3 is 0 Å². The Hall–Kier alpha value is -2.08. The lowest BCUT2D eigenvalue weighted by Gasteiger charge is -2.39. The molecule has 0 radical (unpaired) electrons. The number of hydrogen-bond acceptors (Lipinski definition) is 4.